The van der Waals surface area contributed by atoms with Gasteiger partial charge in [-0.3, -0.25) is 9.78 Å². The van der Waals surface area contributed by atoms with Crippen LogP contribution in [0.2, 0.25) is 0 Å². The van der Waals surface area contributed by atoms with Crippen LogP contribution >= 0.6 is 12.6 Å². The maximum atomic E-state index is 12.6. The maximum absolute atomic E-state index is 12.6. The van der Waals surface area contributed by atoms with E-state index in [4.69, 9.17) is 4.74 Å². The molecule has 0 saturated carbocycles. The van der Waals surface area contributed by atoms with E-state index in [1.165, 1.54) is 0 Å². The fourth-order valence-electron chi connectivity index (χ4n) is 2.12. The van der Waals surface area contributed by atoms with Crippen LogP contribution in [0, 0.1) is 0 Å². The van der Waals surface area contributed by atoms with Gasteiger partial charge in [-0.1, -0.05) is 12.1 Å². The third-order valence-electron chi connectivity index (χ3n) is 3.21. The fraction of sp³-hybridized carbons (Fsp3) is 0.333. The van der Waals surface area contributed by atoms with Gasteiger partial charge in [0.1, 0.15) is 0 Å². The number of aromatic nitrogens is 1. The zero-order valence-electron chi connectivity index (χ0n) is 11.7. The van der Waals surface area contributed by atoms with Crippen LogP contribution in [0.4, 0.5) is 0 Å². The molecule has 0 unspecified atom stereocenters. The lowest BCUT2D eigenvalue weighted by atomic mass is 10.1. The Balaban J connectivity index is 2.41. The van der Waals surface area contributed by atoms with Gasteiger partial charge < -0.3 is 9.64 Å². The number of nitrogens with zero attached hydrogens (tertiary/aromatic N) is 2. The van der Waals surface area contributed by atoms with Gasteiger partial charge in [-0.25, -0.2) is 0 Å². The minimum absolute atomic E-state index is 0.00381. The first-order valence-electron chi connectivity index (χ1n) is 6.54. The standard InChI is InChI=1S/C15H18N2O2S/c1-3-17(9-10-19-2)15(18)12-7-8-16-14-11(12)5-4-6-13(14)20/h4-8,20H,3,9-10H2,1-2H3. The molecule has 0 aliphatic carbocycles. The molecule has 0 N–H and O–H groups in total. The highest BCUT2D eigenvalue weighted by molar-refractivity contribution is 7.80. The molecular formula is C15H18N2O2S. The van der Waals surface area contributed by atoms with E-state index in [9.17, 15) is 4.79 Å². The lowest BCUT2D eigenvalue weighted by molar-refractivity contribution is 0.0708. The average Bonchev–Trinajstić information content (AvgIpc) is 2.48. The predicted octanol–water partition coefficient (Wildman–Crippen LogP) is 2.63. The quantitative estimate of drug-likeness (QED) is 0.861. The number of benzene rings is 1. The molecule has 1 amide bonds. The van der Waals surface area contributed by atoms with E-state index >= 15 is 0 Å². The first kappa shape index (κ1) is 14.8. The number of para-hydroxylation sites is 1. The summed E-state index contributed by atoms with van der Waals surface area (Å²) in [5, 5.41) is 0.834. The molecule has 2 rings (SSSR count). The van der Waals surface area contributed by atoms with Gasteiger partial charge in [0.2, 0.25) is 0 Å². The van der Waals surface area contributed by atoms with E-state index in [2.05, 4.69) is 17.6 Å². The maximum Gasteiger partial charge on any atom is 0.254 e. The molecule has 4 nitrogen and oxygen atoms in total. The second-order valence-electron chi connectivity index (χ2n) is 4.41. The average molecular weight is 290 g/mol. The molecule has 0 radical (unpaired) electrons. The summed E-state index contributed by atoms with van der Waals surface area (Å²) in [7, 11) is 1.63. The van der Waals surface area contributed by atoms with Gasteiger partial charge in [0, 0.05) is 36.7 Å². The smallest absolute Gasteiger partial charge is 0.254 e. The highest BCUT2D eigenvalue weighted by Crippen LogP contribution is 2.23. The van der Waals surface area contributed by atoms with Crippen molar-refractivity contribution in [2.75, 3.05) is 26.8 Å². The Labute approximate surface area is 124 Å². The summed E-state index contributed by atoms with van der Waals surface area (Å²) in [5.41, 5.74) is 1.41. The number of carbonyl (C=O) groups is 1. The van der Waals surface area contributed by atoms with E-state index in [1.54, 1.807) is 24.3 Å². The third kappa shape index (κ3) is 2.94. The number of ether oxygens (including phenoxy) is 1. The second kappa shape index (κ2) is 6.72. The molecule has 0 aliphatic heterocycles. The van der Waals surface area contributed by atoms with Crippen molar-refractivity contribution < 1.29 is 9.53 Å². The Kier molecular flexibility index (Phi) is 4.98. The number of hydrogen-bond acceptors (Lipinski definition) is 4. The van der Waals surface area contributed by atoms with Gasteiger partial charge in [-0.2, -0.15) is 0 Å². The summed E-state index contributed by atoms with van der Waals surface area (Å²) in [6.45, 7) is 3.71. The zero-order chi connectivity index (χ0) is 14.5. The topological polar surface area (TPSA) is 42.4 Å². The van der Waals surface area contributed by atoms with Crippen molar-refractivity contribution in [1.82, 2.24) is 9.88 Å². The molecule has 0 aliphatic rings. The lowest BCUT2D eigenvalue weighted by Crippen LogP contribution is -2.33. The fourth-order valence-corrected chi connectivity index (χ4v) is 2.39. The molecule has 5 heteroatoms. The summed E-state index contributed by atoms with van der Waals surface area (Å²) in [5.74, 6) is -0.00381. The molecule has 0 fully saturated rings. The van der Waals surface area contributed by atoms with Crippen molar-refractivity contribution in [3.8, 4) is 0 Å². The number of likely N-dealkylation sites (N-methyl/N-ethyl adjacent to an activating group) is 1. The molecule has 0 bridgehead atoms. The Morgan fingerprint density at radius 3 is 2.90 bits per heavy atom. The number of hydrogen-bond donors (Lipinski definition) is 1. The Morgan fingerprint density at radius 1 is 1.40 bits per heavy atom. The molecule has 106 valence electrons. The minimum atomic E-state index is -0.00381. The Morgan fingerprint density at radius 2 is 2.20 bits per heavy atom. The Bertz CT molecular complexity index is 616. The number of carbonyl (C=O) groups excluding carboxylic acids is 1. The number of thiol groups is 1. The number of pyridine rings is 1. The van der Waals surface area contributed by atoms with E-state index in [0.717, 1.165) is 15.8 Å². The first-order chi connectivity index (χ1) is 9.69. The van der Waals surface area contributed by atoms with Crippen LogP contribution in [0.25, 0.3) is 10.9 Å². The van der Waals surface area contributed by atoms with Crippen molar-refractivity contribution in [1.29, 1.82) is 0 Å². The molecule has 20 heavy (non-hydrogen) atoms. The summed E-state index contributed by atoms with van der Waals surface area (Å²) < 4.78 is 5.05. The Hall–Kier alpha value is -1.59. The van der Waals surface area contributed by atoms with Gasteiger partial charge in [-0.15, -0.1) is 12.6 Å². The van der Waals surface area contributed by atoms with Crippen LogP contribution in [0.1, 0.15) is 17.3 Å². The predicted molar refractivity (Wildman–Crippen MR) is 82.4 cm³/mol. The van der Waals surface area contributed by atoms with E-state index < -0.39 is 0 Å². The van der Waals surface area contributed by atoms with Gasteiger partial charge >= 0.3 is 0 Å². The van der Waals surface area contributed by atoms with Gasteiger partial charge in [-0.05, 0) is 19.1 Å². The van der Waals surface area contributed by atoms with Gasteiger partial charge in [0.15, 0.2) is 0 Å². The van der Waals surface area contributed by atoms with Crippen molar-refractivity contribution in [3.05, 3.63) is 36.0 Å². The minimum Gasteiger partial charge on any atom is -0.383 e. The number of methoxy groups -OCH3 is 1. The largest absolute Gasteiger partial charge is 0.383 e. The summed E-state index contributed by atoms with van der Waals surface area (Å²) in [4.78, 5) is 19.5. The van der Waals surface area contributed by atoms with Crippen LogP contribution in [-0.4, -0.2) is 42.6 Å². The van der Waals surface area contributed by atoms with Crippen molar-refractivity contribution in [2.24, 2.45) is 0 Å². The van der Waals surface area contributed by atoms with Crippen LogP contribution in [-0.2, 0) is 4.74 Å². The number of fused-ring (bicyclic) bond motifs is 1. The number of rotatable bonds is 5. The van der Waals surface area contributed by atoms with Crippen LogP contribution in [0.15, 0.2) is 35.4 Å². The molecule has 1 aromatic carbocycles. The monoisotopic (exact) mass is 290 g/mol. The normalized spacial score (nSPS) is 10.8. The van der Waals surface area contributed by atoms with Crippen molar-refractivity contribution in [3.63, 3.8) is 0 Å². The van der Waals surface area contributed by atoms with Crippen LogP contribution < -0.4 is 0 Å². The lowest BCUT2D eigenvalue weighted by Gasteiger charge is -2.21. The van der Waals surface area contributed by atoms with Crippen molar-refractivity contribution in [2.45, 2.75) is 11.8 Å². The molecule has 1 heterocycles. The summed E-state index contributed by atoms with van der Waals surface area (Å²) in [6, 6.07) is 7.41. The van der Waals surface area contributed by atoms with E-state index in [-0.39, 0.29) is 5.91 Å². The van der Waals surface area contributed by atoms with E-state index in [0.29, 0.717) is 25.3 Å². The summed E-state index contributed by atoms with van der Waals surface area (Å²) >= 11 is 4.39. The van der Waals surface area contributed by atoms with Gasteiger partial charge in [0.25, 0.3) is 5.91 Å². The third-order valence-corrected chi connectivity index (χ3v) is 3.58. The van der Waals surface area contributed by atoms with Crippen LogP contribution in [0.5, 0.6) is 0 Å². The molecule has 0 saturated heterocycles. The van der Waals surface area contributed by atoms with E-state index in [1.807, 2.05) is 25.1 Å². The first-order valence-corrected chi connectivity index (χ1v) is 6.98. The molecule has 1 aromatic heterocycles. The SMILES string of the molecule is CCN(CCOC)C(=O)c1ccnc2c(S)cccc12. The number of amides is 1. The highest BCUT2D eigenvalue weighted by atomic mass is 32.1. The molecular weight excluding hydrogens is 272 g/mol. The second-order valence-corrected chi connectivity index (χ2v) is 4.89. The van der Waals surface area contributed by atoms with Crippen LogP contribution in [0.3, 0.4) is 0 Å². The molecule has 2 aromatic rings. The zero-order valence-corrected chi connectivity index (χ0v) is 12.6. The summed E-state index contributed by atoms with van der Waals surface area (Å²) in [6.07, 6.45) is 1.65. The highest BCUT2D eigenvalue weighted by Gasteiger charge is 2.17. The van der Waals surface area contributed by atoms with Crippen molar-refractivity contribution >= 4 is 29.4 Å². The van der Waals surface area contributed by atoms with Gasteiger partial charge in [0.05, 0.1) is 17.7 Å². The molecule has 0 spiro atoms. The molecule has 0 atom stereocenters.